The van der Waals surface area contributed by atoms with E-state index in [-0.39, 0.29) is 23.7 Å². The number of piperidine rings is 3. The fraction of sp³-hybridized carbons (Fsp3) is 0.567. The molecule has 1 aliphatic carbocycles. The summed E-state index contributed by atoms with van der Waals surface area (Å²) in [6.07, 6.45) is 4.08. The van der Waals surface area contributed by atoms with Gasteiger partial charge in [0.2, 0.25) is 0 Å². The third-order valence-electron chi connectivity index (χ3n) is 8.47. The number of alkyl carbamates (subject to hydrolysis) is 1. The Labute approximate surface area is 210 Å². The van der Waals surface area contributed by atoms with Gasteiger partial charge in [0.1, 0.15) is 11.9 Å². The number of nitrogens with one attached hydrogen (secondary N) is 1. The minimum absolute atomic E-state index is 0.0252. The molecule has 1 N–H and O–H groups in total. The van der Waals surface area contributed by atoms with Crippen LogP contribution in [0.3, 0.4) is 0 Å². The second kappa shape index (κ2) is 9.50. The van der Waals surface area contributed by atoms with Crippen LogP contribution in [0.15, 0.2) is 30.3 Å². The first-order chi connectivity index (χ1) is 16.7. The monoisotopic (exact) mass is 476 g/mol. The van der Waals surface area contributed by atoms with E-state index in [4.69, 9.17) is 9.47 Å². The van der Waals surface area contributed by atoms with Gasteiger partial charge in [0, 0.05) is 6.54 Å². The number of carbonyl (C=O) groups excluding carboxylic acids is 1. The number of benzene rings is 2. The maximum absolute atomic E-state index is 13.0. The third-order valence-corrected chi connectivity index (χ3v) is 8.47. The number of aryl methyl sites for hydroxylation is 3. The van der Waals surface area contributed by atoms with Crippen molar-refractivity contribution in [3.05, 3.63) is 52.6 Å². The second-order valence-corrected chi connectivity index (χ2v) is 11.4. The molecule has 3 fully saturated rings. The van der Waals surface area contributed by atoms with Crippen LogP contribution < -0.4 is 10.1 Å². The van der Waals surface area contributed by atoms with Gasteiger partial charge in [0.25, 0.3) is 0 Å². The molecule has 1 amide bonds. The maximum atomic E-state index is 13.0. The lowest BCUT2D eigenvalue weighted by atomic mass is 9.70. The molecule has 2 atom stereocenters. The minimum atomic E-state index is -0.267. The number of amides is 1. The number of nitrogens with zero attached hydrogens (tertiary/aromatic N) is 1. The van der Waals surface area contributed by atoms with Gasteiger partial charge in [-0.3, -0.25) is 4.90 Å². The van der Waals surface area contributed by atoms with Crippen molar-refractivity contribution in [3.8, 4) is 16.9 Å². The lowest BCUT2D eigenvalue weighted by molar-refractivity contribution is -0.0353. The van der Waals surface area contributed by atoms with Gasteiger partial charge in [-0.1, -0.05) is 32.0 Å². The molecule has 0 saturated carbocycles. The minimum Gasteiger partial charge on any atom is -0.493 e. The molecule has 2 aromatic rings. The molecule has 2 bridgehead atoms. The summed E-state index contributed by atoms with van der Waals surface area (Å²) in [5, 5.41) is 3.27. The van der Waals surface area contributed by atoms with Crippen molar-refractivity contribution in [2.45, 2.75) is 72.4 Å². The highest BCUT2D eigenvalue weighted by atomic mass is 16.6. The molecule has 6 rings (SSSR count). The molecule has 4 aliphatic rings. The first kappa shape index (κ1) is 24.2. The fourth-order valence-corrected chi connectivity index (χ4v) is 6.40. The number of hydrogen-bond acceptors (Lipinski definition) is 4. The smallest absolute Gasteiger partial charge is 0.407 e. The topological polar surface area (TPSA) is 50.8 Å². The van der Waals surface area contributed by atoms with Gasteiger partial charge in [-0.05, 0) is 116 Å². The summed E-state index contributed by atoms with van der Waals surface area (Å²) < 4.78 is 11.8. The van der Waals surface area contributed by atoms with Crippen LogP contribution in [0.1, 0.15) is 68.3 Å². The zero-order chi connectivity index (χ0) is 24.7. The number of carbonyl (C=O) groups is 1. The SMILES string of the molecule is CCOc1c(C)cc(-c2ccc3c(c2)CCC(C)(C)[C@H]3NC(=O)O[C@H]2CN3CCC2CC3)cc1C. The molecule has 2 aromatic carbocycles. The van der Waals surface area contributed by atoms with E-state index in [0.717, 1.165) is 62.2 Å². The zero-order valence-corrected chi connectivity index (χ0v) is 21.9. The van der Waals surface area contributed by atoms with E-state index >= 15 is 0 Å². The first-order valence-corrected chi connectivity index (χ1v) is 13.3. The molecule has 3 aliphatic heterocycles. The summed E-state index contributed by atoms with van der Waals surface area (Å²) in [6, 6.07) is 11.1. The van der Waals surface area contributed by atoms with Gasteiger partial charge >= 0.3 is 6.09 Å². The van der Waals surface area contributed by atoms with E-state index in [1.807, 2.05) is 6.92 Å². The summed E-state index contributed by atoms with van der Waals surface area (Å²) in [5.41, 5.74) is 7.25. The van der Waals surface area contributed by atoms with E-state index in [1.165, 1.54) is 22.3 Å². The van der Waals surface area contributed by atoms with Crippen LogP contribution in [-0.2, 0) is 11.2 Å². The highest BCUT2D eigenvalue weighted by Crippen LogP contribution is 2.45. The lowest BCUT2D eigenvalue weighted by Crippen LogP contribution is -2.53. The highest BCUT2D eigenvalue weighted by Gasteiger charge is 2.40. The Morgan fingerprint density at radius 1 is 1.09 bits per heavy atom. The third kappa shape index (κ3) is 4.80. The van der Waals surface area contributed by atoms with Crippen molar-refractivity contribution in [1.29, 1.82) is 0 Å². The van der Waals surface area contributed by atoms with Crippen LogP contribution in [0.25, 0.3) is 11.1 Å². The van der Waals surface area contributed by atoms with Crippen molar-refractivity contribution in [1.82, 2.24) is 10.2 Å². The zero-order valence-electron chi connectivity index (χ0n) is 21.9. The van der Waals surface area contributed by atoms with Crippen molar-refractivity contribution < 1.29 is 14.3 Å². The van der Waals surface area contributed by atoms with Gasteiger partial charge in [-0.25, -0.2) is 4.79 Å². The van der Waals surface area contributed by atoms with Crippen LogP contribution in [0.5, 0.6) is 5.75 Å². The van der Waals surface area contributed by atoms with Gasteiger partial charge < -0.3 is 14.8 Å². The number of hydrogen-bond donors (Lipinski definition) is 1. The summed E-state index contributed by atoms with van der Waals surface area (Å²) in [4.78, 5) is 15.5. The lowest BCUT2D eigenvalue weighted by Gasteiger charge is -2.44. The van der Waals surface area contributed by atoms with Crippen molar-refractivity contribution in [3.63, 3.8) is 0 Å². The molecular formula is C30H40N2O3. The molecule has 5 nitrogen and oxygen atoms in total. The Hall–Kier alpha value is -2.53. The van der Waals surface area contributed by atoms with Crippen molar-refractivity contribution in [2.75, 3.05) is 26.2 Å². The normalized spacial score (nSPS) is 26.7. The highest BCUT2D eigenvalue weighted by molar-refractivity contribution is 5.71. The molecule has 3 saturated heterocycles. The standard InChI is InChI=1S/C30H40N2O3/c1-6-34-27-19(2)15-24(16-20(27)3)22-7-8-25-23(17-22)9-12-30(4,5)28(25)31-29(33)35-26-18-32-13-10-21(26)11-14-32/h7-8,15-17,21,26,28H,6,9-14,18H2,1-5H3,(H,31,33)/t26-,28-/m0/s1. The van der Waals surface area contributed by atoms with Crippen LogP contribution >= 0.6 is 0 Å². The molecular weight excluding hydrogens is 436 g/mol. The summed E-state index contributed by atoms with van der Waals surface area (Å²) in [7, 11) is 0. The van der Waals surface area contributed by atoms with Gasteiger partial charge in [-0.2, -0.15) is 0 Å². The molecule has 188 valence electrons. The van der Waals surface area contributed by atoms with E-state index in [0.29, 0.717) is 12.5 Å². The molecule has 0 unspecified atom stereocenters. The van der Waals surface area contributed by atoms with E-state index < -0.39 is 0 Å². The average Bonchev–Trinajstić information content (AvgIpc) is 2.83. The average molecular weight is 477 g/mol. The molecule has 35 heavy (non-hydrogen) atoms. The van der Waals surface area contributed by atoms with E-state index in [9.17, 15) is 4.79 Å². The van der Waals surface area contributed by atoms with Crippen molar-refractivity contribution >= 4 is 6.09 Å². The fourth-order valence-electron chi connectivity index (χ4n) is 6.40. The largest absolute Gasteiger partial charge is 0.493 e. The second-order valence-electron chi connectivity index (χ2n) is 11.4. The Bertz CT molecular complexity index is 1080. The summed E-state index contributed by atoms with van der Waals surface area (Å²) in [5.74, 6) is 1.50. The molecule has 0 aromatic heterocycles. The van der Waals surface area contributed by atoms with Crippen LogP contribution in [0, 0.1) is 25.2 Å². The predicted octanol–water partition coefficient (Wildman–Crippen LogP) is 6.20. The van der Waals surface area contributed by atoms with Crippen molar-refractivity contribution in [2.24, 2.45) is 11.3 Å². The van der Waals surface area contributed by atoms with Gasteiger partial charge in [-0.15, -0.1) is 0 Å². The maximum Gasteiger partial charge on any atom is 0.407 e. The van der Waals surface area contributed by atoms with Crippen LogP contribution in [-0.4, -0.2) is 43.3 Å². The summed E-state index contributed by atoms with van der Waals surface area (Å²) in [6.45, 7) is 14.6. The quantitative estimate of drug-likeness (QED) is 0.558. The number of rotatable bonds is 5. The Morgan fingerprint density at radius 3 is 2.43 bits per heavy atom. The first-order valence-electron chi connectivity index (χ1n) is 13.3. The van der Waals surface area contributed by atoms with Gasteiger partial charge in [0.15, 0.2) is 0 Å². The number of ether oxygens (including phenoxy) is 2. The molecule has 0 spiro atoms. The van der Waals surface area contributed by atoms with E-state index in [1.54, 1.807) is 0 Å². The number of fused-ring (bicyclic) bond motifs is 4. The Morgan fingerprint density at radius 2 is 1.80 bits per heavy atom. The Balaban J connectivity index is 1.36. The predicted molar refractivity (Wildman–Crippen MR) is 140 cm³/mol. The summed E-state index contributed by atoms with van der Waals surface area (Å²) >= 11 is 0. The molecule has 3 heterocycles. The van der Waals surface area contributed by atoms with Crippen LogP contribution in [0.4, 0.5) is 4.79 Å². The molecule has 5 heteroatoms. The van der Waals surface area contributed by atoms with E-state index in [2.05, 4.69) is 68.2 Å². The van der Waals surface area contributed by atoms with Gasteiger partial charge in [0.05, 0.1) is 12.6 Å². The van der Waals surface area contributed by atoms with Crippen LogP contribution in [0.2, 0.25) is 0 Å². The molecule has 0 radical (unpaired) electrons. The Kier molecular flexibility index (Phi) is 6.56.